The lowest BCUT2D eigenvalue weighted by Crippen LogP contribution is -2.02. The molecule has 20 heavy (non-hydrogen) atoms. The predicted molar refractivity (Wildman–Crippen MR) is 76.2 cm³/mol. The third kappa shape index (κ3) is 3.58. The fourth-order valence-corrected chi connectivity index (χ4v) is 1.82. The highest BCUT2D eigenvalue weighted by Crippen LogP contribution is 2.21. The number of anilines is 1. The number of benzene rings is 1. The largest absolute Gasteiger partial charge is 0.497 e. The van der Waals surface area contributed by atoms with E-state index in [0.717, 1.165) is 11.3 Å². The number of rotatable bonds is 5. The van der Waals surface area contributed by atoms with Gasteiger partial charge in [-0.05, 0) is 17.7 Å². The van der Waals surface area contributed by atoms with Gasteiger partial charge in [-0.2, -0.15) is 0 Å². The van der Waals surface area contributed by atoms with Gasteiger partial charge in [0.1, 0.15) is 16.7 Å². The van der Waals surface area contributed by atoms with E-state index in [9.17, 15) is 10.1 Å². The van der Waals surface area contributed by atoms with E-state index >= 15 is 0 Å². The van der Waals surface area contributed by atoms with Crippen molar-refractivity contribution < 1.29 is 9.66 Å². The van der Waals surface area contributed by atoms with E-state index in [1.807, 2.05) is 24.3 Å². The van der Waals surface area contributed by atoms with Crippen LogP contribution in [0, 0.1) is 10.1 Å². The van der Waals surface area contributed by atoms with Crippen molar-refractivity contribution in [1.82, 2.24) is 4.98 Å². The molecule has 0 fully saturated rings. The number of nitrogens with one attached hydrogen (secondary N) is 1. The van der Waals surface area contributed by atoms with Crippen LogP contribution in [-0.4, -0.2) is 17.0 Å². The number of nitrogens with zero attached hydrogens (tertiary/aromatic N) is 2. The summed E-state index contributed by atoms with van der Waals surface area (Å²) in [5, 5.41) is 13.8. The van der Waals surface area contributed by atoms with Gasteiger partial charge in [0.25, 0.3) is 5.69 Å². The van der Waals surface area contributed by atoms with Gasteiger partial charge in [-0.15, -0.1) is 0 Å². The zero-order valence-electron chi connectivity index (χ0n) is 10.7. The number of hydrogen-bond donors (Lipinski definition) is 1. The van der Waals surface area contributed by atoms with E-state index < -0.39 is 4.92 Å². The molecule has 0 radical (unpaired) electrons. The van der Waals surface area contributed by atoms with E-state index in [2.05, 4.69) is 10.3 Å². The fourth-order valence-electron chi connectivity index (χ4n) is 1.62. The molecule has 0 aliphatic heterocycles. The van der Waals surface area contributed by atoms with Crippen molar-refractivity contribution in [1.29, 1.82) is 0 Å². The zero-order chi connectivity index (χ0) is 14.5. The number of aromatic nitrogens is 1. The average molecular weight is 294 g/mol. The molecule has 0 aliphatic carbocycles. The van der Waals surface area contributed by atoms with Crippen LogP contribution >= 0.6 is 11.6 Å². The topological polar surface area (TPSA) is 77.3 Å². The Hall–Kier alpha value is -2.34. The zero-order valence-corrected chi connectivity index (χ0v) is 11.4. The van der Waals surface area contributed by atoms with Crippen LogP contribution in [0.2, 0.25) is 5.15 Å². The van der Waals surface area contributed by atoms with Gasteiger partial charge in [0.2, 0.25) is 0 Å². The van der Waals surface area contributed by atoms with Crippen molar-refractivity contribution in [3.05, 3.63) is 57.2 Å². The fraction of sp³-hybridized carbons (Fsp3) is 0.154. The van der Waals surface area contributed by atoms with Gasteiger partial charge in [0, 0.05) is 6.54 Å². The molecule has 0 bridgehead atoms. The summed E-state index contributed by atoms with van der Waals surface area (Å²) in [6.45, 7) is 0.481. The third-order valence-electron chi connectivity index (χ3n) is 2.62. The Kier molecular flexibility index (Phi) is 4.37. The molecule has 0 saturated heterocycles. The van der Waals surface area contributed by atoms with Gasteiger partial charge in [0.05, 0.1) is 24.2 Å². The molecule has 0 spiro atoms. The Morgan fingerprint density at radius 2 is 2.05 bits per heavy atom. The number of hydrogen-bond acceptors (Lipinski definition) is 5. The summed E-state index contributed by atoms with van der Waals surface area (Å²) < 4.78 is 5.06. The second-order valence-corrected chi connectivity index (χ2v) is 4.38. The maximum Gasteiger partial charge on any atom is 0.276 e. The lowest BCUT2D eigenvalue weighted by molar-refractivity contribution is -0.384. The monoisotopic (exact) mass is 293 g/mol. The van der Waals surface area contributed by atoms with Crippen LogP contribution in [0.15, 0.2) is 36.4 Å². The lowest BCUT2D eigenvalue weighted by Gasteiger charge is -2.07. The highest BCUT2D eigenvalue weighted by atomic mass is 35.5. The molecular formula is C13H12ClN3O3. The van der Waals surface area contributed by atoms with Gasteiger partial charge in [-0.1, -0.05) is 23.7 Å². The molecule has 2 rings (SSSR count). The summed E-state index contributed by atoms with van der Waals surface area (Å²) in [7, 11) is 1.60. The number of ether oxygens (including phenoxy) is 1. The molecule has 2 aromatic rings. The summed E-state index contributed by atoms with van der Waals surface area (Å²) in [6, 6.07) is 10.0. The highest BCUT2D eigenvalue weighted by molar-refractivity contribution is 6.29. The van der Waals surface area contributed by atoms with Crippen molar-refractivity contribution >= 4 is 23.1 Å². The first kappa shape index (κ1) is 14.1. The summed E-state index contributed by atoms with van der Waals surface area (Å²) in [5.41, 5.74) is 0.900. The first-order chi connectivity index (χ1) is 9.58. The van der Waals surface area contributed by atoms with Crippen LogP contribution in [0.5, 0.6) is 5.75 Å². The maximum atomic E-state index is 10.7. The summed E-state index contributed by atoms with van der Waals surface area (Å²) in [5.74, 6) is 1.13. The Bertz CT molecular complexity index is 617. The van der Waals surface area contributed by atoms with Crippen LogP contribution in [0.4, 0.5) is 11.5 Å². The second-order valence-electron chi connectivity index (χ2n) is 3.99. The molecule has 0 atom stereocenters. The molecule has 7 heteroatoms. The smallest absolute Gasteiger partial charge is 0.276 e. The SMILES string of the molecule is COc1ccc(CNc2cc([N+](=O)[O-])cc(Cl)n2)cc1. The summed E-state index contributed by atoms with van der Waals surface area (Å²) >= 11 is 5.74. The third-order valence-corrected chi connectivity index (χ3v) is 2.82. The van der Waals surface area contributed by atoms with Gasteiger partial charge in [-0.25, -0.2) is 4.98 Å². The van der Waals surface area contributed by atoms with Crippen LogP contribution in [-0.2, 0) is 6.54 Å². The summed E-state index contributed by atoms with van der Waals surface area (Å²) in [6.07, 6.45) is 0. The van der Waals surface area contributed by atoms with Crippen molar-refractivity contribution in [3.63, 3.8) is 0 Å². The molecule has 0 aliphatic rings. The minimum Gasteiger partial charge on any atom is -0.497 e. The number of pyridine rings is 1. The van der Waals surface area contributed by atoms with Crippen molar-refractivity contribution in [3.8, 4) is 5.75 Å². The summed E-state index contributed by atoms with van der Waals surface area (Å²) in [4.78, 5) is 14.2. The van der Waals surface area contributed by atoms with E-state index in [1.54, 1.807) is 7.11 Å². The van der Waals surface area contributed by atoms with Crippen molar-refractivity contribution in [2.24, 2.45) is 0 Å². The van der Waals surface area contributed by atoms with Crippen LogP contribution in [0.1, 0.15) is 5.56 Å². The number of methoxy groups -OCH3 is 1. The molecule has 1 aromatic heterocycles. The predicted octanol–water partition coefficient (Wildman–Crippen LogP) is 3.26. The molecule has 1 N–H and O–H groups in total. The molecule has 0 saturated carbocycles. The number of halogens is 1. The Labute approximate surface area is 120 Å². The first-order valence-corrected chi connectivity index (χ1v) is 6.15. The molecule has 1 heterocycles. The number of nitro groups is 1. The van der Waals surface area contributed by atoms with Crippen molar-refractivity contribution in [2.75, 3.05) is 12.4 Å². The minimum atomic E-state index is -0.508. The van der Waals surface area contributed by atoms with E-state index in [1.165, 1.54) is 12.1 Å². The van der Waals surface area contributed by atoms with Crippen LogP contribution in [0.3, 0.4) is 0 Å². The van der Waals surface area contributed by atoms with Gasteiger partial charge in [-0.3, -0.25) is 10.1 Å². The van der Waals surface area contributed by atoms with E-state index in [4.69, 9.17) is 16.3 Å². The molecule has 0 amide bonds. The molecular weight excluding hydrogens is 282 g/mol. The first-order valence-electron chi connectivity index (χ1n) is 5.77. The Balaban J connectivity index is 2.08. The van der Waals surface area contributed by atoms with Crippen LogP contribution in [0.25, 0.3) is 0 Å². The minimum absolute atomic E-state index is 0.0800. The maximum absolute atomic E-state index is 10.7. The normalized spacial score (nSPS) is 10.1. The van der Waals surface area contributed by atoms with Crippen molar-refractivity contribution in [2.45, 2.75) is 6.54 Å². The van der Waals surface area contributed by atoms with Crippen LogP contribution < -0.4 is 10.1 Å². The van der Waals surface area contributed by atoms with E-state index in [-0.39, 0.29) is 10.8 Å². The lowest BCUT2D eigenvalue weighted by atomic mass is 10.2. The Morgan fingerprint density at radius 3 is 2.65 bits per heavy atom. The quantitative estimate of drug-likeness (QED) is 0.520. The second kappa shape index (κ2) is 6.21. The standard InChI is InChI=1S/C13H12ClN3O3/c1-20-11-4-2-9(3-5-11)8-15-13-7-10(17(18)19)6-12(14)16-13/h2-7H,8H2,1H3,(H,15,16). The van der Waals surface area contributed by atoms with E-state index in [0.29, 0.717) is 12.4 Å². The molecule has 6 nitrogen and oxygen atoms in total. The van der Waals surface area contributed by atoms with Gasteiger partial charge in [0.15, 0.2) is 0 Å². The highest BCUT2D eigenvalue weighted by Gasteiger charge is 2.10. The molecule has 104 valence electrons. The Morgan fingerprint density at radius 1 is 1.35 bits per heavy atom. The molecule has 0 unspecified atom stereocenters. The average Bonchev–Trinajstić information content (AvgIpc) is 2.45. The van der Waals surface area contributed by atoms with Gasteiger partial charge >= 0.3 is 0 Å². The van der Waals surface area contributed by atoms with Gasteiger partial charge < -0.3 is 10.1 Å². The molecule has 1 aromatic carbocycles.